The van der Waals surface area contributed by atoms with Gasteiger partial charge in [-0.2, -0.15) is 9.57 Å². The molecule has 1 atom stereocenters. The smallest absolute Gasteiger partial charge is 0.245 e. The molecule has 0 aliphatic carbocycles. The van der Waals surface area contributed by atoms with Crippen molar-refractivity contribution >= 4 is 15.7 Å². The molecule has 0 amide bonds. The SMILES string of the molecule is Cc1ccc(C)c(S(=O)(=O)N(C)C(C)CC#N)c1N. The van der Waals surface area contributed by atoms with E-state index in [0.717, 1.165) is 5.56 Å². The summed E-state index contributed by atoms with van der Waals surface area (Å²) >= 11 is 0. The summed E-state index contributed by atoms with van der Waals surface area (Å²) in [6.07, 6.45) is 0.139. The van der Waals surface area contributed by atoms with Crippen LogP contribution < -0.4 is 5.73 Å². The Balaban J connectivity index is 3.37. The first-order valence-electron chi connectivity index (χ1n) is 5.94. The number of nitriles is 1. The highest BCUT2D eigenvalue weighted by molar-refractivity contribution is 7.89. The van der Waals surface area contributed by atoms with E-state index in [1.165, 1.54) is 11.4 Å². The molecule has 0 bridgehead atoms. The maximum Gasteiger partial charge on any atom is 0.245 e. The quantitative estimate of drug-likeness (QED) is 0.853. The van der Waals surface area contributed by atoms with Gasteiger partial charge in [-0.15, -0.1) is 0 Å². The van der Waals surface area contributed by atoms with Gasteiger partial charge in [0.25, 0.3) is 0 Å². The molecule has 5 nitrogen and oxygen atoms in total. The molecule has 6 heteroatoms. The molecule has 104 valence electrons. The van der Waals surface area contributed by atoms with Crippen LogP contribution in [0.5, 0.6) is 0 Å². The van der Waals surface area contributed by atoms with Crippen molar-refractivity contribution in [1.82, 2.24) is 4.31 Å². The monoisotopic (exact) mass is 281 g/mol. The molecule has 0 radical (unpaired) electrons. The standard InChI is InChI=1S/C13H19N3O2S/c1-9-5-6-10(2)13(12(9)15)19(17,18)16(4)11(3)7-8-14/h5-6,11H,7,15H2,1-4H3. The Kier molecular flexibility index (Phi) is 4.56. The summed E-state index contributed by atoms with van der Waals surface area (Å²) in [5, 5.41) is 8.68. The number of anilines is 1. The van der Waals surface area contributed by atoms with Crippen molar-refractivity contribution in [2.24, 2.45) is 0 Å². The molecule has 0 aliphatic rings. The zero-order chi connectivity index (χ0) is 14.8. The van der Waals surface area contributed by atoms with Gasteiger partial charge in [0.15, 0.2) is 0 Å². The van der Waals surface area contributed by atoms with E-state index in [2.05, 4.69) is 0 Å². The van der Waals surface area contributed by atoms with Crippen LogP contribution in [-0.4, -0.2) is 25.8 Å². The topological polar surface area (TPSA) is 87.2 Å². The molecule has 0 aromatic heterocycles. The highest BCUT2D eigenvalue weighted by atomic mass is 32.2. The van der Waals surface area contributed by atoms with Crippen LogP contribution in [0, 0.1) is 25.2 Å². The molecule has 19 heavy (non-hydrogen) atoms. The Morgan fingerprint density at radius 2 is 1.89 bits per heavy atom. The number of benzene rings is 1. The average Bonchev–Trinajstić information content (AvgIpc) is 2.33. The van der Waals surface area contributed by atoms with Crippen molar-refractivity contribution in [1.29, 1.82) is 5.26 Å². The molecule has 1 aromatic carbocycles. The Morgan fingerprint density at radius 3 is 2.42 bits per heavy atom. The fraction of sp³-hybridized carbons (Fsp3) is 0.462. The molecular weight excluding hydrogens is 262 g/mol. The molecule has 0 saturated heterocycles. The molecule has 2 N–H and O–H groups in total. The van der Waals surface area contributed by atoms with E-state index in [4.69, 9.17) is 11.0 Å². The minimum absolute atomic E-state index is 0.139. The Hall–Kier alpha value is -1.58. The van der Waals surface area contributed by atoms with Gasteiger partial charge >= 0.3 is 0 Å². The lowest BCUT2D eigenvalue weighted by atomic mass is 10.1. The molecule has 1 unspecified atom stereocenters. The number of sulfonamides is 1. The van der Waals surface area contributed by atoms with Crippen molar-refractivity contribution < 1.29 is 8.42 Å². The van der Waals surface area contributed by atoms with E-state index in [0.29, 0.717) is 5.56 Å². The summed E-state index contributed by atoms with van der Waals surface area (Å²) in [7, 11) is -2.22. The van der Waals surface area contributed by atoms with Crippen LogP contribution in [0.15, 0.2) is 17.0 Å². The van der Waals surface area contributed by atoms with Crippen molar-refractivity contribution in [2.45, 2.75) is 38.1 Å². The van der Waals surface area contributed by atoms with Crippen molar-refractivity contribution in [2.75, 3.05) is 12.8 Å². The van der Waals surface area contributed by atoms with Gasteiger partial charge in [0.1, 0.15) is 4.90 Å². The van der Waals surface area contributed by atoms with Crippen LogP contribution in [-0.2, 0) is 10.0 Å². The third-order valence-corrected chi connectivity index (χ3v) is 5.43. The highest BCUT2D eigenvalue weighted by Gasteiger charge is 2.29. The van der Waals surface area contributed by atoms with Gasteiger partial charge in [0.05, 0.1) is 18.2 Å². The number of nitrogen functional groups attached to an aromatic ring is 1. The average molecular weight is 281 g/mol. The van der Waals surface area contributed by atoms with Gasteiger partial charge in [-0.25, -0.2) is 8.42 Å². The van der Waals surface area contributed by atoms with Crippen molar-refractivity contribution in [3.63, 3.8) is 0 Å². The largest absolute Gasteiger partial charge is 0.397 e. The fourth-order valence-corrected chi connectivity index (χ4v) is 3.54. The molecule has 1 aromatic rings. The van der Waals surface area contributed by atoms with Gasteiger partial charge in [-0.3, -0.25) is 0 Å². The van der Waals surface area contributed by atoms with E-state index in [1.807, 2.05) is 6.07 Å². The van der Waals surface area contributed by atoms with Gasteiger partial charge in [-0.1, -0.05) is 12.1 Å². The molecular formula is C13H19N3O2S. The third kappa shape index (κ3) is 2.88. The number of hydrogen-bond acceptors (Lipinski definition) is 4. The summed E-state index contributed by atoms with van der Waals surface area (Å²) < 4.78 is 26.4. The Morgan fingerprint density at radius 1 is 1.37 bits per heavy atom. The van der Waals surface area contributed by atoms with E-state index in [1.54, 1.807) is 32.9 Å². The van der Waals surface area contributed by atoms with Crippen molar-refractivity contribution in [3.8, 4) is 6.07 Å². The maximum absolute atomic E-state index is 12.6. The fourth-order valence-electron chi connectivity index (χ4n) is 1.79. The second-order valence-electron chi connectivity index (χ2n) is 4.67. The van der Waals surface area contributed by atoms with E-state index in [9.17, 15) is 8.42 Å². The number of nitrogens with zero attached hydrogens (tertiary/aromatic N) is 2. The number of aryl methyl sites for hydroxylation is 2. The lowest BCUT2D eigenvalue weighted by molar-refractivity contribution is 0.393. The molecule has 0 spiro atoms. The summed E-state index contributed by atoms with van der Waals surface area (Å²) in [4.78, 5) is 0.139. The summed E-state index contributed by atoms with van der Waals surface area (Å²) in [6.45, 7) is 5.18. The first-order chi connectivity index (χ1) is 8.73. The predicted molar refractivity (Wildman–Crippen MR) is 75.0 cm³/mol. The molecule has 0 heterocycles. The zero-order valence-corrected chi connectivity index (χ0v) is 12.5. The van der Waals surface area contributed by atoms with Crippen LogP contribution in [0.1, 0.15) is 24.5 Å². The van der Waals surface area contributed by atoms with Gasteiger partial charge in [0, 0.05) is 13.1 Å². The second-order valence-corrected chi connectivity index (χ2v) is 6.61. The van der Waals surface area contributed by atoms with Gasteiger partial charge in [0.2, 0.25) is 10.0 Å². The normalized spacial score (nSPS) is 13.3. The zero-order valence-electron chi connectivity index (χ0n) is 11.6. The summed E-state index contributed by atoms with van der Waals surface area (Å²) in [5.41, 5.74) is 7.52. The van der Waals surface area contributed by atoms with Gasteiger partial charge in [-0.05, 0) is 31.9 Å². The minimum Gasteiger partial charge on any atom is -0.397 e. The molecule has 0 saturated carbocycles. The second kappa shape index (κ2) is 5.59. The number of nitrogens with two attached hydrogens (primary N) is 1. The van der Waals surface area contributed by atoms with E-state index >= 15 is 0 Å². The van der Waals surface area contributed by atoms with Gasteiger partial charge < -0.3 is 5.73 Å². The number of rotatable bonds is 4. The lowest BCUT2D eigenvalue weighted by Crippen LogP contribution is -2.35. The number of hydrogen-bond donors (Lipinski definition) is 1. The summed E-state index contributed by atoms with van der Waals surface area (Å²) in [5.74, 6) is 0. The Labute approximate surface area is 114 Å². The lowest BCUT2D eigenvalue weighted by Gasteiger charge is -2.24. The molecule has 0 fully saturated rings. The van der Waals surface area contributed by atoms with Crippen LogP contribution in [0.3, 0.4) is 0 Å². The highest BCUT2D eigenvalue weighted by Crippen LogP contribution is 2.29. The van der Waals surface area contributed by atoms with Crippen LogP contribution >= 0.6 is 0 Å². The first kappa shape index (κ1) is 15.5. The molecule has 0 aliphatic heterocycles. The Bertz CT molecular complexity index is 618. The van der Waals surface area contributed by atoms with E-state index in [-0.39, 0.29) is 17.0 Å². The third-order valence-electron chi connectivity index (χ3n) is 3.26. The van der Waals surface area contributed by atoms with Crippen LogP contribution in [0.4, 0.5) is 5.69 Å². The maximum atomic E-state index is 12.6. The van der Waals surface area contributed by atoms with Crippen LogP contribution in [0.2, 0.25) is 0 Å². The van der Waals surface area contributed by atoms with Crippen molar-refractivity contribution in [3.05, 3.63) is 23.3 Å². The van der Waals surface area contributed by atoms with E-state index < -0.39 is 16.1 Å². The minimum atomic E-state index is -3.69. The van der Waals surface area contributed by atoms with Crippen LogP contribution in [0.25, 0.3) is 0 Å². The predicted octanol–water partition coefficient (Wildman–Crippen LogP) is 1.81. The summed E-state index contributed by atoms with van der Waals surface area (Å²) in [6, 6.07) is 5.11. The first-order valence-corrected chi connectivity index (χ1v) is 7.38. The molecule has 1 rings (SSSR count).